The minimum absolute atomic E-state index is 0.136. The van der Waals surface area contributed by atoms with Crippen LogP contribution in [-0.2, 0) is 9.53 Å². The quantitative estimate of drug-likeness (QED) is 0.112. The minimum atomic E-state index is -2.25. The van der Waals surface area contributed by atoms with E-state index in [0.717, 1.165) is 35.7 Å². The zero-order valence-electron chi connectivity index (χ0n) is 25.1. The first kappa shape index (κ1) is 30.4. The van der Waals surface area contributed by atoms with Crippen LogP contribution in [0.25, 0.3) is 10.9 Å². The average Bonchev–Trinajstić information content (AvgIpc) is 3.54. The number of anilines is 1. The van der Waals surface area contributed by atoms with Crippen molar-refractivity contribution in [2.24, 2.45) is 5.92 Å². The third kappa shape index (κ3) is 5.37. The normalized spacial score (nSPS) is 15.5. The molecule has 1 fully saturated rings. The number of hydrogen-bond donors (Lipinski definition) is 1. The van der Waals surface area contributed by atoms with Crippen LogP contribution < -0.4 is 5.73 Å². The number of carbonyl (C=O) groups excluding carboxylic acids is 2. The van der Waals surface area contributed by atoms with Gasteiger partial charge in [-0.25, -0.2) is 0 Å². The van der Waals surface area contributed by atoms with Crippen LogP contribution in [0.1, 0.15) is 101 Å². The van der Waals surface area contributed by atoms with Gasteiger partial charge in [0.15, 0.2) is 14.0 Å². The zero-order valence-corrected chi connectivity index (χ0v) is 26.8. The van der Waals surface area contributed by atoms with Gasteiger partial charge in [0.05, 0.1) is 18.1 Å². The van der Waals surface area contributed by atoms with Crippen LogP contribution in [0, 0.1) is 5.92 Å². The number of fused-ring (bicyclic) bond motifs is 1. The second-order valence-electron chi connectivity index (χ2n) is 12.6. The van der Waals surface area contributed by atoms with E-state index in [0.29, 0.717) is 44.4 Å². The number of ether oxygens (including phenoxy) is 1. The number of nitrogens with two attached hydrogens (primary N) is 1. The molecule has 0 aliphatic heterocycles. The van der Waals surface area contributed by atoms with E-state index in [-0.39, 0.29) is 17.7 Å². The van der Waals surface area contributed by atoms with Crippen LogP contribution >= 0.6 is 11.6 Å². The van der Waals surface area contributed by atoms with Crippen molar-refractivity contribution in [1.29, 1.82) is 0 Å². The number of nitrogens with zero attached hydrogens (tertiary/aromatic N) is 1. The average molecular weight is 581 g/mol. The minimum Gasteiger partial charge on any atom is -0.469 e. The van der Waals surface area contributed by atoms with Crippen LogP contribution in [0.5, 0.6) is 0 Å². The Morgan fingerprint density at radius 2 is 1.57 bits per heavy atom. The number of carbonyl (C=O) groups is 2. The number of hydrogen-bond acceptors (Lipinski definition) is 4. The van der Waals surface area contributed by atoms with Crippen LogP contribution in [-0.4, -0.2) is 31.3 Å². The molecule has 40 heavy (non-hydrogen) atoms. The Balaban J connectivity index is 2.02. The lowest BCUT2D eigenvalue weighted by molar-refractivity contribution is -0.142. The summed E-state index contributed by atoms with van der Waals surface area (Å²) >= 11 is 6.89. The van der Waals surface area contributed by atoms with E-state index < -0.39 is 8.24 Å². The summed E-state index contributed by atoms with van der Waals surface area (Å²) in [5.41, 5.74) is 10.7. The summed E-state index contributed by atoms with van der Waals surface area (Å²) in [4.78, 5) is 27.1. The molecule has 1 aliphatic rings. The molecule has 2 N–H and O–H groups in total. The molecule has 1 unspecified atom stereocenters. The first-order valence-electron chi connectivity index (χ1n) is 14.8. The number of benzene rings is 2. The SMILES string of the molecule is COC(=O)C(CC1CCCC1)c1cn([Si](C(C)C)(C(C)C)C(C)C)c2cc(C(=O)c3ccc(N)cc3)c(Cl)cc12. The number of methoxy groups -OCH3 is 1. The molecule has 5 nitrogen and oxygen atoms in total. The summed E-state index contributed by atoms with van der Waals surface area (Å²) in [5, 5.41) is 1.34. The molecule has 0 spiro atoms. The maximum Gasteiger partial charge on any atom is 0.313 e. The van der Waals surface area contributed by atoms with Gasteiger partial charge in [0.2, 0.25) is 0 Å². The summed E-state index contributed by atoms with van der Waals surface area (Å²) in [6.45, 7) is 13.9. The number of esters is 1. The highest BCUT2D eigenvalue weighted by Gasteiger charge is 2.47. The molecule has 7 heteroatoms. The summed E-state index contributed by atoms with van der Waals surface area (Å²) in [5.74, 6) is -0.200. The van der Waals surface area contributed by atoms with Crippen LogP contribution in [0.2, 0.25) is 21.6 Å². The van der Waals surface area contributed by atoms with E-state index in [4.69, 9.17) is 22.1 Å². The first-order chi connectivity index (χ1) is 18.9. The fraction of sp³-hybridized carbons (Fsp3) is 0.515. The van der Waals surface area contributed by atoms with Crippen LogP contribution in [0.4, 0.5) is 5.69 Å². The number of halogens is 1. The van der Waals surface area contributed by atoms with Crippen molar-refractivity contribution in [3.63, 3.8) is 0 Å². The molecule has 3 aromatic rings. The molecule has 2 aromatic carbocycles. The molecular weight excluding hydrogens is 536 g/mol. The summed E-state index contributed by atoms with van der Waals surface area (Å²) in [7, 11) is -0.769. The molecule has 216 valence electrons. The molecule has 1 aliphatic carbocycles. The molecule has 1 heterocycles. The van der Waals surface area contributed by atoms with Crippen LogP contribution in [0.15, 0.2) is 42.6 Å². The lowest BCUT2D eigenvalue weighted by Crippen LogP contribution is -2.51. The Hall–Kier alpha value is -2.57. The monoisotopic (exact) mass is 580 g/mol. The largest absolute Gasteiger partial charge is 0.469 e. The van der Waals surface area contributed by atoms with E-state index in [1.54, 1.807) is 24.3 Å². The highest BCUT2D eigenvalue weighted by molar-refractivity contribution is 6.82. The number of nitrogen functional groups attached to an aromatic ring is 1. The molecule has 1 aromatic heterocycles. The standard InChI is InChI=1S/C33H45ClN2O3Si/c1-20(2)40(21(3)4,22(5)6)36-19-29(27(33(38)39-7)16-23-10-8-9-11-23)26-17-30(34)28(18-31(26)36)32(37)24-12-14-25(35)15-13-24/h12-15,17-23,27H,8-11,16,35H2,1-7H3. The van der Waals surface area contributed by atoms with Crippen molar-refractivity contribution in [3.8, 4) is 0 Å². The molecular formula is C33H45ClN2O3Si. The smallest absolute Gasteiger partial charge is 0.313 e. The van der Waals surface area contributed by atoms with Crippen LogP contribution in [0.3, 0.4) is 0 Å². The molecule has 0 amide bonds. The van der Waals surface area contributed by atoms with E-state index in [9.17, 15) is 9.59 Å². The maximum atomic E-state index is 13.7. The Kier molecular flexibility index (Phi) is 9.20. The Bertz CT molecular complexity index is 1350. The second kappa shape index (κ2) is 12.1. The van der Waals surface area contributed by atoms with Gasteiger partial charge in [-0.1, -0.05) is 78.8 Å². The lowest BCUT2D eigenvalue weighted by atomic mass is 9.87. The van der Waals surface area contributed by atoms with Gasteiger partial charge < -0.3 is 14.7 Å². The summed E-state index contributed by atoms with van der Waals surface area (Å²) in [6.07, 6.45) is 7.74. The van der Waals surface area contributed by atoms with Crippen molar-refractivity contribution in [3.05, 3.63) is 64.3 Å². The number of rotatable bonds is 10. The lowest BCUT2D eigenvalue weighted by Gasteiger charge is -2.44. The van der Waals surface area contributed by atoms with Gasteiger partial charge in [0.25, 0.3) is 0 Å². The highest BCUT2D eigenvalue weighted by Crippen LogP contribution is 2.47. The first-order valence-corrected chi connectivity index (χ1v) is 17.3. The fourth-order valence-electron chi connectivity index (χ4n) is 7.74. The van der Waals surface area contributed by atoms with E-state index in [1.807, 2.05) is 12.1 Å². The van der Waals surface area contributed by atoms with Gasteiger partial charge in [0.1, 0.15) is 0 Å². The predicted molar refractivity (Wildman–Crippen MR) is 169 cm³/mol. The summed E-state index contributed by atoms with van der Waals surface area (Å²) < 4.78 is 7.89. The number of ketones is 1. The summed E-state index contributed by atoms with van der Waals surface area (Å²) in [6, 6.07) is 10.8. The molecule has 1 saturated carbocycles. The zero-order chi connectivity index (χ0) is 29.4. The fourth-order valence-corrected chi connectivity index (χ4v) is 14.6. The van der Waals surface area contributed by atoms with Gasteiger partial charge in [-0.05, 0) is 70.9 Å². The molecule has 1 atom stereocenters. The Morgan fingerprint density at radius 3 is 2.10 bits per heavy atom. The van der Waals surface area contributed by atoms with Gasteiger partial charge in [0, 0.05) is 33.9 Å². The van der Waals surface area contributed by atoms with Gasteiger partial charge in [-0.2, -0.15) is 0 Å². The maximum absolute atomic E-state index is 13.7. The van der Waals surface area contributed by atoms with Gasteiger partial charge in [-0.3, -0.25) is 9.59 Å². The van der Waals surface area contributed by atoms with Crippen molar-refractivity contribution >= 4 is 48.2 Å². The molecule has 0 radical (unpaired) electrons. The highest BCUT2D eigenvalue weighted by atomic mass is 35.5. The van der Waals surface area contributed by atoms with E-state index in [2.05, 4.69) is 52.0 Å². The Morgan fingerprint density at radius 1 is 1.00 bits per heavy atom. The van der Waals surface area contributed by atoms with E-state index in [1.165, 1.54) is 20.0 Å². The molecule has 0 bridgehead atoms. The molecule has 4 rings (SSSR count). The van der Waals surface area contributed by atoms with Crippen molar-refractivity contribution < 1.29 is 14.3 Å². The van der Waals surface area contributed by atoms with Gasteiger partial charge in [-0.15, -0.1) is 0 Å². The van der Waals surface area contributed by atoms with Crippen molar-refractivity contribution in [1.82, 2.24) is 4.23 Å². The topological polar surface area (TPSA) is 74.3 Å². The third-order valence-corrected chi connectivity index (χ3v) is 16.5. The second-order valence-corrected chi connectivity index (χ2v) is 18.7. The van der Waals surface area contributed by atoms with Crippen molar-refractivity contribution in [2.75, 3.05) is 12.8 Å². The number of aromatic nitrogens is 1. The predicted octanol–water partition coefficient (Wildman–Crippen LogP) is 8.97. The Labute approximate surface area is 245 Å². The van der Waals surface area contributed by atoms with E-state index >= 15 is 0 Å². The third-order valence-electron chi connectivity index (χ3n) is 9.44. The van der Waals surface area contributed by atoms with Gasteiger partial charge >= 0.3 is 5.97 Å². The van der Waals surface area contributed by atoms with Crippen molar-refractivity contribution in [2.45, 2.75) is 96.2 Å². The molecule has 0 saturated heterocycles.